The molecule has 3 heterocycles. The maximum Gasteiger partial charge on any atom is 0.332 e. The summed E-state index contributed by atoms with van der Waals surface area (Å²) in [7, 11) is 0. The van der Waals surface area contributed by atoms with Crippen molar-refractivity contribution in [1.82, 2.24) is 24.1 Å². The molecule has 180 valence electrons. The van der Waals surface area contributed by atoms with Gasteiger partial charge >= 0.3 is 5.69 Å². The first-order valence-electron chi connectivity index (χ1n) is 11.4. The number of anilines is 1. The van der Waals surface area contributed by atoms with E-state index in [1.807, 2.05) is 48.2 Å². The van der Waals surface area contributed by atoms with E-state index in [2.05, 4.69) is 10.1 Å². The smallest absolute Gasteiger partial charge is 0.332 e. The zero-order valence-electron chi connectivity index (χ0n) is 19.6. The molecule has 0 radical (unpaired) electrons. The number of hydrogen-bond donors (Lipinski definition) is 1. The molecule has 1 aliphatic heterocycles. The minimum absolute atomic E-state index is 0.0730. The fraction of sp³-hybridized carbons (Fsp3) is 0.417. The van der Waals surface area contributed by atoms with Crippen molar-refractivity contribution < 1.29 is 9.32 Å². The summed E-state index contributed by atoms with van der Waals surface area (Å²) in [4.78, 5) is 43.4. The highest BCUT2D eigenvalue weighted by molar-refractivity contribution is 6.01. The lowest BCUT2D eigenvalue weighted by Gasteiger charge is -2.33. The van der Waals surface area contributed by atoms with E-state index in [-0.39, 0.29) is 36.8 Å². The normalized spacial score (nSPS) is 15.0. The maximum absolute atomic E-state index is 13.2. The van der Waals surface area contributed by atoms with Gasteiger partial charge in [-0.1, -0.05) is 35.5 Å². The quantitative estimate of drug-likeness (QED) is 0.488. The number of hydrogen-bond acceptors (Lipinski definition) is 8. The second kappa shape index (κ2) is 10.2. The summed E-state index contributed by atoms with van der Waals surface area (Å²) < 4.78 is 7.51. The predicted molar refractivity (Wildman–Crippen MR) is 128 cm³/mol. The van der Waals surface area contributed by atoms with Crippen molar-refractivity contribution in [3.63, 3.8) is 0 Å². The molecule has 0 bridgehead atoms. The summed E-state index contributed by atoms with van der Waals surface area (Å²) in [6.07, 6.45) is 0. The Balaban J connectivity index is 1.50. The first-order valence-corrected chi connectivity index (χ1v) is 11.4. The number of piperazine rings is 1. The van der Waals surface area contributed by atoms with Crippen molar-refractivity contribution >= 4 is 11.6 Å². The number of nitrogens with two attached hydrogens (primary N) is 1. The molecule has 2 N–H and O–H groups in total. The van der Waals surface area contributed by atoms with Crippen molar-refractivity contribution in [1.29, 1.82) is 0 Å². The van der Waals surface area contributed by atoms with Gasteiger partial charge in [-0.15, -0.1) is 0 Å². The van der Waals surface area contributed by atoms with Crippen LogP contribution < -0.4 is 17.0 Å². The summed E-state index contributed by atoms with van der Waals surface area (Å²) in [5.74, 6) is 0.337. The van der Waals surface area contributed by atoms with E-state index < -0.39 is 11.2 Å². The predicted octanol–water partition coefficient (Wildman–Crippen LogP) is 0.957. The summed E-state index contributed by atoms with van der Waals surface area (Å²) in [6, 6.07) is 11.3. The molecular formula is C24H30N6O4. The number of ketones is 1. The SMILES string of the molecule is CCn1c(=O)c(C(=O)CN2CCN(Cc3cc(C)on3)CC2)c(N)n(Cc2ccccc2)c1=O. The molecule has 0 saturated carbocycles. The molecule has 1 fully saturated rings. The van der Waals surface area contributed by atoms with Crippen molar-refractivity contribution in [3.05, 3.63) is 79.8 Å². The molecule has 0 unspecified atom stereocenters. The first-order chi connectivity index (χ1) is 16.4. The number of nitrogen functional groups attached to an aromatic ring is 1. The maximum atomic E-state index is 13.2. The molecule has 1 saturated heterocycles. The van der Waals surface area contributed by atoms with Crippen LogP contribution in [0.1, 0.15) is 34.3 Å². The summed E-state index contributed by atoms with van der Waals surface area (Å²) in [5.41, 5.74) is 6.75. The Kier molecular flexibility index (Phi) is 7.09. The molecule has 10 nitrogen and oxygen atoms in total. The third-order valence-electron chi connectivity index (χ3n) is 6.14. The summed E-state index contributed by atoms with van der Waals surface area (Å²) in [6.45, 7) is 7.56. The highest BCUT2D eigenvalue weighted by Crippen LogP contribution is 2.13. The van der Waals surface area contributed by atoms with Gasteiger partial charge in [0.1, 0.15) is 17.1 Å². The zero-order valence-corrected chi connectivity index (χ0v) is 19.6. The summed E-state index contributed by atoms with van der Waals surface area (Å²) >= 11 is 0. The average molecular weight is 467 g/mol. The van der Waals surface area contributed by atoms with E-state index in [4.69, 9.17) is 10.3 Å². The monoisotopic (exact) mass is 466 g/mol. The van der Waals surface area contributed by atoms with Gasteiger partial charge in [0.15, 0.2) is 5.78 Å². The van der Waals surface area contributed by atoms with Gasteiger partial charge in [-0.05, 0) is 19.4 Å². The fourth-order valence-corrected chi connectivity index (χ4v) is 4.28. The van der Waals surface area contributed by atoms with E-state index in [9.17, 15) is 14.4 Å². The number of Topliss-reactive ketones (excluding diaryl/α,β-unsaturated/α-hetero) is 1. The minimum atomic E-state index is -0.626. The number of benzene rings is 1. The molecule has 2 aromatic heterocycles. The van der Waals surface area contributed by atoms with E-state index in [0.717, 1.165) is 34.7 Å². The van der Waals surface area contributed by atoms with E-state index in [1.165, 1.54) is 4.57 Å². The van der Waals surface area contributed by atoms with E-state index >= 15 is 0 Å². The van der Waals surface area contributed by atoms with Gasteiger partial charge in [0.05, 0.1) is 18.8 Å². The van der Waals surface area contributed by atoms with Gasteiger partial charge in [0.2, 0.25) is 0 Å². The molecule has 34 heavy (non-hydrogen) atoms. The molecule has 0 aliphatic carbocycles. The summed E-state index contributed by atoms with van der Waals surface area (Å²) in [5, 5.41) is 4.03. The number of carbonyl (C=O) groups is 1. The second-order valence-electron chi connectivity index (χ2n) is 8.57. The standard InChI is InChI=1S/C24H30N6O4/c1-3-29-23(32)21(22(25)30(24(29)33)14-18-7-5-4-6-8-18)20(31)16-28-11-9-27(10-12-28)15-19-13-17(2)34-26-19/h4-8,13H,3,9-12,14-16,25H2,1-2H3. The molecule has 0 spiro atoms. The van der Waals surface area contributed by atoms with Crippen LogP contribution in [-0.2, 0) is 19.6 Å². The highest BCUT2D eigenvalue weighted by Gasteiger charge is 2.26. The van der Waals surface area contributed by atoms with E-state index in [0.29, 0.717) is 19.6 Å². The van der Waals surface area contributed by atoms with Crippen LogP contribution in [0, 0.1) is 6.92 Å². The molecule has 1 aliphatic rings. The van der Waals surface area contributed by atoms with E-state index in [1.54, 1.807) is 6.92 Å². The topological polar surface area (TPSA) is 120 Å². The first kappa shape index (κ1) is 23.7. The van der Waals surface area contributed by atoms with Crippen LogP contribution in [0.4, 0.5) is 5.82 Å². The Morgan fingerprint density at radius 3 is 2.32 bits per heavy atom. The van der Waals surface area contributed by atoms with Crippen LogP contribution >= 0.6 is 0 Å². The van der Waals surface area contributed by atoms with Crippen LogP contribution in [0.5, 0.6) is 0 Å². The van der Waals surface area contributed by atoms with Gasteiger partial charge in [-0.25, -0.2) is 4.79 Å². The van der Waals surface area contributed by atoms with Crippen molar-refractivity contribution in [3.8, 4) is 0 Å². The molecule has 3 aromatic rings. The van der Waals surface area contributed by atoms with Crippen molar-refractivity contribution in [2.75, 3.05) is 38.5 Å². The van der Waals surface area contributed by atoms with Crippen LogP contribution in [0.25, 0.3) is 0 Å². The molecule has 4 rings (SSSR count). The van der Waals surface area contributed by atoms with Gasteiger partial charge in [-0.2, -0.15) is 0 Å². The molecule has 1 aromatic carbocycles. The average Bonchev–Trinajstić information content (AvgIpc) is 3.23. The lowest BCUT2D eigenvalue weighted by Crippen LogP contribution is -2.49. The third-order valence-corrected chi connectivity index (χ3v) is 6.14. The van der Waals surface area contributed by atoms with Gasteiger partial charge in [-0.3, -0.25) is 28.5 Å². The second-order valence-corrected chi connectivity index (χ2v) is 8.57. The van der Waals surface area contributed by atoms with Crippen molar-refractivity contribution in [2.45, 2.75) is 33.5 Å². The Morgan fingerprint density at radius 1 is 1.03 bits per heavy atom. The Hall–Kier alpha value is -3.50. The number of nitrogens with zero attached hydrogens (tertiary/aromatic N) is 5. The Morgan fingerprint density at radius 2 is 1.71 bits per heavy atom. The fourth-order valence-electron chi connectivity index (χ4n) is 4.28. The number of aromatic nitrogens is 3. The Labute approximate surface area is 197 Å². The van der Waals surface area contributed by atoms with Crippen LogP contribution in [-0.4, -0.2) is 62.6 Å². The van der Waals surface area contributed by atoms with Crippen LogP contribution in [0.3, 0.4) is 0 Å². The Bertz CT molecular complexity index is 1270. The highest BCUT2D eigenvalue weighted by atomic mass is 16.5. The molecule has 10 heteroatoms. The number of carbonyl (C=O) groups excluding carboxylic acids is 1. The van der Waals surface area contributed by atoms with Crippen molar-refractivity contribution in [2.24, 2.45) is 0 Å². The van der Waals surface area contributed by atoms with Gasteiger partial charge in [0, 0.05) is 45.3 Å². The molecule has 0 atom stereocenters. The third kappa shape index (κ3) is 5.02. The zero-order chi connectivity index (χ0) is 24.2. The van der Waals surface area contributed by atoms with Gasteiger partial charge in [0.25, 0.3) is 5.56 Å². The lowest BCUT2D eigenvalue weighted by molar-refractivity contribution is 0.0839. The van der Waals surface area contributed by atoms with Crippen LogP contribution in [0.2, 0.25) is 0 Å². The molecular weight excluding hydrogens is 436 g/mol. The van der Waals surface area contributed by atoms with Gasteiger partial charge < -0.3 is 10.3 Å². The minimum Gasteiger partial charge on any atom is -0.384 e. The largest absolute Gasteiger partial charge is 0.384 e. The molecule has 0 amide bonds. The van der Waals surface area contributed by atoms with Crippen LogP contribution in [0.15, 0.2) is 50.5 Å². The number of aryl methyl sites for hydroxylation is 1. The lowest BCUT2D eigenvalue weighted by atomic mass is 10.1. The number of rotatable bonds is 8.